The monoisotopic (exact) mass is 269 g/mol. The number of carboxylic acid groups (broad SMARTS) is 1. The smallest absolute Gasteiger partial charge is 0.313 e. The summed E-state index contributed by atoms with van der Waals surface area (Å²) in [6.45, 7) is 0.372. The lowest BCUT2D eigenvalue weighted by atomic mass is 10.2. The first-order chi connectivity index (χ1) is 8.63. The summed E-state index contributed by atoms with van der Waals surface area (Å²) in [5.41, 5.74) is 0.886. The van der Waals surface area contributed by atoms with Gasteiger partial charge in [0.25, 0.3) is 0 Å². The number of amides is 1. The van der Waals surface area contributed by atoms with E-state index in [0.717, 1.165) is 23.1 Å². The number of rotatable bonds is 7. The molecule has 1 amide bonds. The van der Waals surface area contributed by atoms with Crippen LogP contribution in [0.1, 0.15) is 5.56 Å². The Bertz CT molecular complexity index is 422. The van der Waals surface area contributed by atoms with E-state index in [1.165, 1.54) is 0 Å². The fraction of sp³-hybridized carbons (Fsp3) is 0.333. The molecule has 0 saturated carbocycles. The van der Waals surface area contributed by atoms with Crippen LogP contribution >= 0.6 is 11.8 Å². The predicted octanol–water partition coefficient (Wildman–Crippen LogP) is 1.13. The molecule has 6 heteroatoms. The topological polar surface area (TPSA) is 75.6 Å². The first kappa shape index (κ1) is 14.4. The Hall–Kier alpha value is -1.69. The molecule has 98 valence electrons. The Morgan fingerprint density at radius 1 is 1.33 bits per heavy atom. The molecule has 5 nitrogen and oxygen atoms in total. The van der Waals surface area contributed by atoms with Crippen LogP contribution < -0.4 is 10.1 Å². The average molecular weight is 269 g/mol. The number of thioether (sulfide) groups is 1. The Labute approximate surface area is 110 Å². The van der Waals surface area contributed by atoms with Gasteiger partial charge in [0, 0.05) is 12.1 Å². The molecule has 0 bridgehead atoms. The zero-order chi connectivity index (χ0) is 13.4. The highest BCUT2D eigenvalue weighted by Crippen LogP contribution is 2.16. The van der Waals surface area contributed by atoms with Gasteiger partial charge in [0.2, 0.25) is 5.91 Å². The van der Waals surface area contributed by atoms with Crippen molar-refractivity contribution in [1.29, 1.82) is 0 Å². The van der Waals surface area contributed by atoms with Gasteiger partial charge < -0.3 is 15.2 Å². The Morgan fingerprint density at radius 2 is 2.06 bits per heavy atom. The van der Waals surface area contributed by atoms with Crippen molar-refractivity contribution in [2.24, 2.45) is 0 Å². The maximum atomic E-state index is 11.4. The molecule has 0 aliphatic rings. The largest absolute Gasteiger partial charge is 0.496 e. The number of para-hydroxylation sites is 1. The van der Waals surface area contributed by atoms with Gasteiger partial charge in [-0.3, -0.25) is 9.59 Å². The van der Waals surface area contributed by atoms with Crippen LogP contribution in [0.25, 0.3) is 0 Å². The van der Waals surface area contributed by atoms with E-state index in [2.05, 4.69) is 5.32 Å². The zero-order valence-electron chi connectivity index (χ0n) is 10.0. The van der Waals surface area contributed by atoms with E-state index in [9.17, 15) is 9.59 Å². The van der Waals surface area contributed by atoms with E-state index in [0.29, 0.717) is 6.54 Å². The molecule has 0 heterocycles. The lowest BCUT2D eigenvalue weighted by molar-refractivity contribution is -0.133. The minimum absolute atomic E-state index is 0.0674. The van der Waals surface area contributed by atoms with Crippen LogP contribution in [0.2, 0.25) is 0 Å². The van der Waals surface area contributed by atoms with Crippen LogP contribution in [0.15, 0.2) is 24.3 Å². The summed E-state index contributed by atoms with van der Waals surface area (Å²) in [6.07, 6.45) is 0. The number of aliphatic carboxylic acids is 1. The number of hydrogen-bond acceptors (Lipinski definition) is 4. The molecule has 0 atom stereocenters. The van der Waals surface area contributed by atoms with E-state index in [1.807, 2.05) is 24.3 Å². The zero-order valence-corrected chi connectivity index (χ0v) is 10.8. The minimum atomic E-state index is -0.919. The first-order valence-corrected chi connectivity index (χ1v) is 6.47. The Kier molecular flexibility index (Phi) is 6.07. The molecule has 0 radical (unpaired) electrons. The summed E-state index contributed by atoms with van der Waals surface area (Å²) in [7, 11) is 1.57. The van der Waals surface area contributed by atoms with Gasteiger partial charge in [-0.2, -0.15) is 0 Å². The molecular formula is C12H15NO4S. The summed E-state index contributed by atoms with van der Waals surface area (Å²) in [5.74, 6) is -0.315. The third-order valence-corrected chi connectivity index (χ3v) is 3.04. The van der Waals surface area contributed by atoms with E-state index in [1.54, 1.807) is 7.11 Å². The number of carboxylic acids is 1. The maximum absolute atomic E-state index is 11.4. The van der Waals surface area contributed by atoms with Gasteiger partial charge >= 0.3 is 5.97 Å². The van der Waals surface area contributed by atoms with Gasteiger partial charge in [-0.25, -0.2) is 0 Å². The number of ether oxygens (including phenoxy) is 1. The number of nitrogens with one attached hydrogen (secondary N) is 1. The second kappa shape index (κ2) is 7.60. The van der Waals surface area contributed by atoms with Gasteiger partial charge in [-0.05, 0) is 6.07 Å². The van der Waals surface area contributed by atoms with Gasteiger partial charge in [-0.15, -0.1) is 11.8 Å². The summed E-state index contributed by atoms with van der Waals surface area (Å²) in [5, 5.41) is 11.1. The normalized spacial score (nSPS) is 9.83. The molecule has 0 spiro atoms. The highest BCUT2D eigenvalue weighted by atomic mass is 32.2. The maximum Gasteiger partial charge on any atom is 0.313 e. The fourth-order valence-electron chi connectivity index (χ4n) is 1.32. The standard InChI is InChI=1S/C12H15NO4S/c1-17-10-5-3-2-4-9(10)6-13-11(14)7-18-8-12(15)16/h2-5H,6-8H2,1H3,(H,13,14)(H,15,16). The molecule has 0 aromatic heterocycles. The number of carbonyl (C=O) groups is 2. The number of hydrogen-bond donors (Lipinski definition) is 2. The number of carbonyl (C=O) groups excluding carboxylic acids is 1. The molecule has 0 aliphatic carbocycles. The van der Waals surface area contributed by atoms with Gasteiger partial charge in [0.15, 0.2) is 0 Å². The SMILES string of the molecule is COc1ccccc1CNC(=O)CSCC(=O)O. The van der Waals surface area contributed by atoms with E-state index >= 15 is 0 Å². The predicted molar refractivity (Wildman–Crippen MR) is 69.8 cm³/mol. The van der Waals surface area contributed by atoms with Crippen molar-refractivity contribution >= 4 is 23.6 Å². The summed E-state index contributed by atoms with van der Waals surface area (Å²) < 4.78 is 5.16. The molecule has 1 rings (SSSR count). The first-order valence-electron chi connectivity index (χ1n) is 5.31. The van der Waals surface area contributed by atoms with Crippen LogP contribution in [0.3, 0.4) is 0 Å². The van der Waals surface area contributed by atoms with Gasteiger partial charge in [0.1, 0.15) is 5.75 Å². The second-order valence-corrected chi connectivity index (χ2v) is 4.46. The highest BCUT2D eigenvalue weighted by molar-refractivity contribution is 8.00. The van der Waals surface area contributed by atoms with Crippen molar-refractivity contribution in [2.75, 3.05) is 18.6 Å². The Morgan fingerprint density at radius 3 is 2.72 bits per heavy atom. The van der Waals surface area contributed by atoms with E-state index in [4.69, 9.17) is 9.84 Å². The number of benzene rings is 1. The van der Waals surface area contributed by atoms with Crippen LogP contribution in [0, 0.1) is 0 Å². The van der Waals surface area contributed by atoms with Crippen molar-refractivity contribution in [2.45, 2.75) is 6.54 Å². The lowest BCUT2D eigenvalue weighted by Gasteiger charge is -2.09. The quantitative estimate of drug-likeness (QED) is 0.776. The van der Waals surface area contributed by atoms with Crippen molar-refractivity contribution in [3.8, 4) is 5.75 Å². The van der Waals surface area contributed by atoms with Crippen molar-refractivity contribution < 1.29 is 19.4 Å². The lowest BCUT2D eigenvalue weighted by Crippen LogP contribution is -2.25. The average Bonchev–Trinajstić information content (AvgIpc) is 2.36. The summed E-state index contributed by atoms with van der Waals surface area (Å²) in [4.78, 5) is 21.7. The van der Waals surface area contributed by atoms with Crippen LogP contribution in [-0.4, -0.2) is 35.6 Å². The Balaban J connectivity index is 2.35. The minimum Gasteiger partial charge on any atom is -0.496 e. The molecule has 0 aliphatic heterocycles. The van der Waals surface area contributed by atoms with Crippen LogP contribution in [0.5, 0.6) is 5.75 Å². The molecule has 18 heavy (non-hydrogen) atoms. The van der Waals surface area contributed by atoms with Crippen molar-refractivity contribution in [3.05, 3.63) is 29.8 Å². The number of methoxy groups -OCH3 is 1. The third-order valence-electron chi connectivity index (χ3n) is 2.13. The molecule has 1 aromatic carbocycles. The molecule has 0 unspecified atom stereocenters. The van der Waals surface area contributed by atoms with Crippen molar-refractivity contribution in [1.82, 2.24) is 5.32 Å². The summed E-state index contributed by atoms with van der Waals surface area (Å²) >= 11 is 1.07. The molecule has 0 saturated heterocycles. The molecule has 2 N–H and O–H groups in total. The summed E-state index contributed by atoms with van der Waals surface area (Å²) in [6, 6.07) is 7.40. The molecule has 0 fully saturated rings. The third kappa shape index (κ3) is 5.09. The molecule has 1 aromatic rings. The van der Waals surface area contributed by atoms with Crippen LogP contribution in [-0.2, 0) is 16.1 Å². The van der Waals surface area contributed by atoms with Crippen LogP contribution in [0.4, 0.5) is 0 Å². The highest BCUT2D eigenvalue weighted by Gasteiger charge is 2.06. The van der Waals surface area contributed by atoms with E-state index in [-0.39, 0.29) is 17.4 Å². The van der Waals surface area contributed by atoms with Gasteiger partial charge in [-0.1, -0.05) is 18.2 Å². The second-order valence-electron chi connectivity index (χ2n) is 3.48. The van der Waals surface area contributed by atoms with E-state index < -0.39 is 5.97 Å². The van der Waals surface area contributed by atoms with Gasteiger partial charge in [0.05, 0.1) is 18.6 Å². The van der Waals surface area contributed by atoms with Crippen molar-refractivity contribution in [3.63, 3.8) is 0 Å². The fourth-order valence-corrected chi connectivity index (χ4v) is 1.89. The molecular weight excluding hydrogens is 254 g/mol.